The lowest BCUT2D eigenvalue weighted by Gasteiger charge is -2.32. The van der Waals surface area contributed by atoms with Crippen molar-refractivity contribution in [3.8, 4) is 5.75 Å². The van der Waals surface area contributed by atoms with E-state index in [2.05, 4.69) is 0 Å². The summed E-state index contributed by atoms with van der Waals surface area (Å²) in [5.74, 6) is 0.216. The van der Waals surface area contributed by atoms with Gasteiger partial charge in [-0.15, -0.1) is 0 Å². The lowest BCUT2D eigenvalue weighted by Crippen LogP contribution is -2.41. The summed E-state index contributed by atoms with van der Waals surface area (Å²) in [4.78, 5) is 25.6. The number of likely N-dealkylation sites (tertiary alicyclic amines) is 1. The highest BCUT2D eigenvalue weighted by Crippen LogP contribution is 2.24. The first-order chi connectivity index (χ1) is 13.0. The van der Waals surface area contributed by atoms with Crippen LogP contribution >= 0.6 is 0 Å². The Kier molecular flexibility index (Phi) is 6.12. The van der Waals surface area contributed by atoms with Crippen molar-refractivity contribution in [3.05, 3.63) is 65.2 Å². The molecule has 2 aromatic carbocycles. The minimum atomic E-state index is -0.883. The van der Waals surface area contributed by atoms with Crippen molar-refractivity contribution < 1.29 is 19.4 Å². The summed E-state index contributed by atoms with van der Waals surface area (Å²) in [6.07, 6.45) is 2.50. The highest BCUT2D eigenvalue weighted by atomic mass is 16.5. The van der Waals surface area contributed by atoms with Crippen molar-refractivity contribution in [1.29, 1.82) is 0 Å². The second-order valence-electron chi connectivity index (χ2n) is 7.09. The number of carbonyl (C=O) groups is 2. The summed E-state index contributed by atoms with van der Waals surface area (Å²) in [5, 5.41) is 9.31. The largest absolute Gasteiger partial charge is 0.484 e. The summed E-state index contributed by atoms with van der Waals surface area (Å²) in [6.45, 7) is 3.44. The van der Waals surface area contributed by atoms with Crippen LogP contribution in [0.2, 0.25) is 0 Å². The maximum atomic E-state index is 12.4. The Hall–Kier alpha value is -2.82. The van der Waals surface area contributed by atoms with Gasteiger partial charge in [0, 0.05) is 13.1 Å². The molecule has 0 spiro atoms. The molecule has 142 valence electrons. The Bertz CT molecular complexity index is 792. The van der Waals surface area contributed by atoms with Crippen molar-refractivity contribution in [1.82, 2.24) is 4.90 Å². The van der Waals surface area contributed by atoms with Crippen LogP contribution in [0.25, 0.3) is 0 Å². The zero-order valence-electron chi connectivity index (χ0n) is 15.6. The quantitative estimate of drug-likeness (QED) is 0.848. The van der Waals surface area contributed by atoms with E-state index in [-0.39, 0.29) is 12.5 Å². The molecular formula is C22H25NO4. The Morgan fingerprint density at radius 1 is 1.07 bits per heavy atom. The number of nitrogens with zero attached hydrogens (tertiary/aromatic N) is 1. The molecular weight excluding hydrogens is 342 g/mol. The van der Waals surface area contributed by atoms with Crippen LogP contribution < -0.4 is 4.74 Å². The fraction of sp³-hybridized carbons (Fsp3) is 0.364. The first-order valence-corrected chi connectivity index (χ1v) is 9.31. The SMILES string of the molecule is Cc1ccc(OCC(=O)N2CCC(Cc3ccccc3C(=O)O)CC2)cc1. The van der Waals surface area contributed by atoms with Gasteiger partial charge in [0.25, 0.3) is 5.91 Å². The van der Waals surface area contributed by atoms with Crippen LogP contribution in [0.1, 0.15) is 34.3 Å². The highest BCUT2D eigenvalue weighted by molar-refractivity contribution is 5.89. The Balaban J connectivity index is 1.48. The Morgan fingerprint density at radius 3 is 2.41 bits per heavy atom. The molecule has 0 aliphatic carbocycles. The van der Waals surface area contributed by atoms with Crippen LogP contribution in [0, 0.1) is 12.8 Å². The summed E-state index contributed by atoms with van der Waals surface area (Å²) in [6, 6.07) is 14.8. The number of aryl methyl sites for hydroxylation is 1. The average molecular weight is 367 g/mol. The normalized spacial score (nSPS) is 14.8. The van der Waals surface area contributed by atoms with Gasteiger partial charge in [-0.05, 0) is 55.9 Å². The molecule has 0 radical (unpaired) electrons. The van der Waals surface area contributed by atoms with E-state index >= 15 is 0 Å². The van der Waals surface area contributed by atoms with Gasteiger partial charge >= 0.3 is 5.97 Å². The van der Waals surface area contributed by atoms with Gasteiger partial charge in [-0.1, -0.05) is 35.9 Å². The molecule has 0 saturated carbocycles. The van der Waals surface area contributed by atoms with Crippen molar-refractivity contribution in [2.75, 3.05) is 19.7 Å². The molecule has 0 unspecified atom stereocenters. The molecule has 1 fully saturated rings. The zero-order chi connectivity index (χ0) is 19.2. The predicted molar refractivity (Wildman–Crippen MR) is 103 cm³/mol. The van der Waals surface area contributed by atoms with Gasteiger partial charge in [0.15, 0.2) is 6.61 Å². The Labute approximate surface area is 159 Å². The minimum Gasteiger partial charge on any atom is -0.484 e. The number of rotatable bonds is 6. The predicted octanol–water partition coefficient (Wildman–Crippen LogP) is 3.55. The van der Waals surface area contributed by atoms with E-state index in [0.29, 0.717) is 30.3 Å². The number of carbonyl (C=O) groups excluding carboxylic acids is 1. The van der Waals surface area contributed by atoms with Gasteiger partial charge in [0.1, 0.15) is 5.75 Å². The van der Waals surface area contributed by atoms with Crippen LogP contribution in [0.4, 0.5) is 0 Å². The van der Waals surface area contributed by atoms with Crippen LogP contribution in [0.3, 0.4) is 0 Å². The maximum Gasteiger partial charge on any atom is 0.335 e. The average Bonchev–Trinajstić information content (AvgIpc) is 2.68. The third-order valence-electron chi connectivity index (χ3n) is 5.11. The lowest BCUT2D eigenvalue weighted by atomic mass is 9.88. The molecule has 1 aliphatic rings. The lowest BCUT2D eigenvalue weighted by molar-refractivity contribution is -0.134. The minimum absolute atomic E-state index is 0.0000360. The fourth-order valence-electron chi connectivity index (χ4n) is 3.48. The first kappa shape index (κ1) is 19.0. The standard InChI is InChI=1S/C22H25NO4/c1-16-6-8-19(9-7-16)27-15-21(24)23-12-10-17(11-13-23)14-18-4-2-3-5-20(18)22(25)26/h2-9,17H,10-15H2,1H3,(H,25,26). The van der Waals surface area contributed by atoms with E-state index in [9.17, 15) is 14.7 Å². The molecule has 0 aromatic heterocycles. The van der Waals surface area contributed by atoms with Gasteiger partial charge in [-0.2, -0.15) is 0 Å². The van der Waals surface area contributed by atoms with Gasteiger partial charge in [0.05, 0.1) is 5.56 Å². The third kappa shape index (κ3) is 5.09. The number of benzene rings is 2. The van der Waals surface area contributed by atoms with Crippen molar-refractivity contribution in [2.24, 2.45) is 5.92 Å². The smallest absolute Gasteiger partial charge is 0.335 e. The van der Waals surface area contributed by atoms with E-state index in [1.165, 1.54) is 0 Å². The molecule has 5 nitrogen and oxygen atoms in total. The topological polar surface area (TPSA) is 66.8 Å². The monoisotopic (exact) mass is 367 g/mol. The summed E-state index contributed by atoms with van der Waals surface area (Å²) < 4.78 is 5.58. The molecule has 5 heteroatoms. The molecule has 3 rings (SSSR count). The van der Waals surface area contributed by atoms with Crippen molar-refractivity contribution >= 4 is 11.9 Å². The molecule has 0 bridgehead atoms. The number of hydrogen-bond acceptors (Lipinski definition) is 3. The van der Waals surface area contributed by atoms with Crippen LogP contribution in [0.15, 0.2) is 48.5 Å². The number of piperidine rings is 1. The summed E-state index contributed by atoms with van der Waals surface area (Å²) >= 11 is 0. The second kappa shape index (κ2) is 8.71. The zero-order valence-corrected chi connectivity index (χ0v) is 15.6. The van der Waals surface area contributed by atoms with Gasteiger partial charge in [-0.3, -0.25) is 4.79 Å². The first-order valence-electron chi connectivity index (χ1n) is 9.31. The fourth-order valence-corrected chi connectivity index (χ4v) is 3.48. The molecule has 27 heavy (non-hydrogen) atoms. The number of carboxylic acid groups (broad SMARTS) is 1. The van der Waals surface area contributed by atoms with Crippen LogP contribution in [0.5, 0.6) is 5.75 Å². The van der Waals surface area contributed by atoms with E-state index in [1.54, 1.807) is 12.1 Å². The molecule has 1 N–H and O–H groups in total. The molecule has 1 heterocycles. The van der Waals surface area contributed by atoms with E-state index < -0.39 is 5.97 Å². The third-order valence-corrected chi connectivity index (χ3v) is 5.11. The van der Waals surface area contributed by atoms with Gasteiger partial charge in [0.2, 0.25) is 0 Å². The number of hydrogen-bond donors (Lipinski definition) is 1. The number of amides is 1. The molecule has 1 aliphatic heterocycles. The Morgan fingerprint density at radius 2 is 1.74 bits per heavy atom. The van der Waals surface area contributed by atoms with Crippen molar-refractivity contribution in [2.45, 2.75) is 26.2 Å². The molecule has 1 amide bonds. The van der Waals surface area contributed by atoms with E-state index in [1.807, 2.05) is 48.2 Å². The summed E-state index contributed by atoms with van der Waals surface area (Å²) in [5.41, 5.74) is 2.40. The van der Waals surface area contributed by atoms with Crippen LogP contribution in [-0.2, 0) is 11.2 Å². The number of ether oxygens (including phenoxy) is 1. The second-order valence-corrected chi connectivity index (χ2v) is 7.09. The maximum absolute atomic E-state index is 12.4. The van der Waals surface area contributed by atoms with Crippen LogP contribution in [-0.4, -0.2) is 41.6 Å². The van der Waals surface area contributed by atoms with Crippen molar-refractivity contribution in [3.63, 3.8) is 0 Å². The number of carboxylic acids is 1. The molecule has 2 aromatic rings. The number of aromatic carboxylic acids is 1. The van der Waals surface area contributed by atoms with E-state index in [4.69, 9.17) is 4.74 Å². The van der Waals surface area contributed by atoms with Gasteiger partial charge in [-0.25, -0.2) is 4.79 Å². The summed E-state index contributed by atoms with van der Waals surface area (Å²) in [7, 11) is 0. The highest BCUT2D eigenvalue weighted by Gasteiger charge is 2.24. The van der Waals surface area contributed by atoms with E-state index in [0.717, 1.165) is 30.4 Å². The molecule has 0 atom stereocenters. The van der Waals surface area contributed by atoms with Gasteiger partial charge < -0.3 is 14.7 Å². The molecule has 1 saturated heterocycles.